The van der Waals surface area contributed by atoms with Crippen LogP contribution in [-0.2, 0) is 0 Å². The topological polar surface area (TPSA) is 83.4 Å². The van der Waals surface area contributed by atoms with Crippen LogP contribution in [0.2, 0.25) is 0 Å². The average Bonchev–Trinajstić information content (AvgIpc) is 3.06. The number of likely N-dealkylation sites (tertiary alicyclic amines) is 1. The first-order valence-electron chi connectivity index (χ1n) is 8.44. The standard InChI is InChI=1S/C18H19N5O2/c1-12-9-17(24)23-16(20-12)10-14(21-23)15-6-2-3-8-22(15)18(25)13-5-4-7-19-11-13/h4-5,7,9-11,15,21H,2-3,6,8H2,1H3/t15-/m0/s1. The number of aromatic nitrogens is 4. The van der Waals surface area contributed by atoms with Gasteiger partial charge in [-0.2, -0.15) is 0 Å². The maximum Gasteiger partial charge on any atom is 0.272 e. The quantitative estimate of drug-likeness (QED) is 0.776. The van der Waals surface area contributed by atoms with Gasteiger partial charge in [-0.1, -0.05) is 0 Å². The van der Waals surface area contributed by atoms with Crippen molar-refractivity contribution in [1.82, 2.24) is 24.5 Å². The van der Waals surface area contributed by atoms with Gasteiger partial charge in [-0.25, -0.2) is 9.50 Å². The van der Waals surface area contributed by atoms with Gasteiger partial charge in [0.05, 0.1) is 17.3 Å². The number of aryl methyl sites for hydroxylation is 1. The van der Waals surface area contributed by atoms with Gasteiger partial charge in [0.15, 0.2) is 5.65 Å². The molecule has 1 amide bonds. The van der Waals surface area contributed by atoms with Crippen LogP contribution in [0.15, 0.2) is 41.5 Å². The molecule has 0 spiro atoms. The highest BCUT2D eigenvalue weighted by atomic mass is 16.2. The van der Waals surface area contributed by atoms with E-state index in [4.69, 9.17) is 0 Å². The third-order valence-electron chi connectivity index (χ3n) is 4.63. The predicted octanol–water partition coefficient (Wildman–Crippen LogP) is 2.09. The molecule has 7 nitrogen and oxygen atoms in total. The average molecular weight is 337 g/mol. The van der Waals surface area contributed by atoms with Crippen molar-refractivity contribution in [3.05, 3.63) is 64.0 Å². The monoisotopic (exact) mass is 337 g/mol. The van der Waals surface area contributed by atoms with Gasteiger partial charge in [0.25, 0.3) is 11.5 Å². The van der Waals surface area contributed by atoms with E-state index in [9.17, 15) is 9.59 Å². The van der Waals surface area contributed by atoms with Crippen molar-refractivity contribution < 1.29 is 4.79 Å². The Morgan fingerprint density at radius 2 is 2.20 bits per heavy atom. The summed E-state index contributed by atoms with van der Waals surface area (Å²) in [7, 11) is 0. The van der Waals surface area contributed by atoms with E-state index >= 15 is 0 Å². The third-order valence-corrected chi connectivity index (χ3v) is 4.63. The molecule has 1 saturated heterocycles. The second-order valence-electron chi connectivity index (χ2n) is 6.39. The molecule has 0 radical (unpaired) electrons. The summed E-state index contributed by atoms with van der Waals surface area (Å²) >= 11 is 0. The van der Waals surface area contributed by atoms with Gasteiger partial charge in [0, 0.05) is 36.8 Å². The summed E-state index contributed by atoms with van der Waals surface area (Å²) in [5, 5.41) is 3.13. The fourth-order valence-corrected chi connectivity index (χ4v) is 3.45. The van der Waals surface area contributed by atoms with Gasteiger partial charge in [0.1, 0.15) is 0 Å². The number of carbonyl (C=O) groups excluding carboxylic acids is 1. The molecular formula is C18H19N5O2. The molecule has 1 N–H and O–H groups in total. The minimum atomic E-state index is -0.144. The Hall–Kier alpha value is -2.96. The second kappa shape index (κ2) is 6.16. The lowest BCUT2D eigenvalue weighted by molar-refractivity contribution is 0.0605. The summed E-state index contributed by atoms with van der Waals surface area (Å²) in [5.41, 5.74) is 2.54. The molecule has 0 saturated carbocycles. The van der Waals surface area contributed by atoms with Gasteiger partial charge in [-0.15, -0.1) is 0 Å². The number of pyridine rings is 1. The molecule has 3 aromatic rings. The molecule has 1 aliphatic rings. The van der Waals surface area contributed by atoms with Crippen LogP contribution in [0.5, 0.6) is 0 Å². The Bertz CT molecular complexity index is 976. The molecule has 1 aliphatic heterocycles. The Morgan fingerprint density at radius 1 is 1.32 bits per heavy atom. The van der Waals surface area contributed by atoms with Crippen LogP contribution in [0.1, 0.15) is 47.1 Å². The fourth-order valence-electron chi connectivity index (χ4n) is 3.45. The molecule has 4 rings (SSSR count). The third kappa shape index (κ3) is 2.82. The second-order valence-corrected chi connectivity index (χ2v) is 6.39. The molecule has 0 aliphatic carbocycles. The van der Waals surface area contributed by atoms with Crippen LogP contribution in [0.25, 0.3) is 5.65 Å². The van der Waals surface area contributed by atoms with Gasteiger partial charge < -0.3 is 4.90 Å². The molecule has 0 unspecified atom stereocenters. The number of piperidine rings is 1. The first-order chi connectivity index (χ1) is 12.1. The van der Waals surface area contributed by atoms with Crippen molar-refractivity contribution in [1.29, 1.82) is 0 Å². The van der Waals surface area contributed by atoms with Crippen molar-refractivity contribution in [3.8, 4) is 0 Å². The van der Waals surface area contributed by atoms with Gasteiger partial charge in [-0.3, -0.25) is 19.7 Å². The Labute approximate surface area is 144 Å². The maximum absolute atomic E-state index is 12.9. The summed E-state index contributed by atoms with van der Waals surface area (Å²) in [5.74, 6) is -0.0343. The minimum absolute atomic E-state index is 0.0343. The van der Waals surface area contributed by atoms with Crippen LogP contribution in [0.3, 0.4) is 0 Å². The lowest BCUT2D eigenvalue weighted by atomic mass is 9.98. The number of aromatic amines is 1. The van der Waals surface area contributed by atoms with E-state index in [0.29, 0.717) is 23.4 Å². The van der Waals surface area contributed by atoms with E-state index in [0.717, 1.165) is 25.0 Å². The summed E-state index contributed by atoms with van der Waals surface area (Å²) in [6.45, 7) is 2.49. The summed E-state index contributed by atoms with van der Waals surface area (Å²) in [6.07, 6.45) is 6.11. The number of hydrogen-bond donors (Lipinski definition) is 1. The zero-order valence-electron chi connectivity index (χ0n) is 14.0. The van der Waals surface area contributed by atoms with Gasteiger partial charge >= 0.3 is 0 Å². The van der Waals surface area contributed by atoms with E-state index in [1.54, 1.807) is 31.5 Å². The Balaban J connectivity index is 1.73. The van der Waals surface area contributed by atoms with E-state index < -0.39 is 0 Å². The molecule has 0 bridgehead atoms. The number of carbonyl (C=O) groups is 1. The van der Waals surface area contributed by atoms with E-state index in [2.05, 4.69) is 15.1 Å². The van der Waals surface area contributed by atoms with Gasteiger partial charge in [-0.05, 0) is 38.3 Å². The highest BCUT2D eigenvalue weighted by molar-refractivity contribution is 5.94. The molecular weight excluding hydrogens is 318 g/mol. The lowest BCUT2D eigenvalue weighted by Gasteiger charge is -2.35. The molecule has 7 heteroatoms. The van der Waals surface area contributed by atoms with Crippen LogP contribution < -0.4 is 5.56 Å². The molecule has 3 aromatic heterocycles. The summed E-state index contributed by atoms with van der Waals surface area (Å²) < 4.78 is 1.43. The summed E-state index contributed by atoms with van der Waals surface area (Å²) in [6, 6.07) is 6.81. The number of H-pyrrole nitrogens is 1. The van der Waals surface area contributed by atoms with Crippen molar-refractivity contribution in [2.45, 2.75) is 32.2 Å². The van der Waals surface area contributed by atoms with Crippen molar-refractivity contribution in [2.75, 3.05) is 6.54 Å². The van der Waals surface area contributed by atoms with Crippen molar-refractivity contribution in [2.24, 2.45) is 0 Å². The van der Waals surface area contributed by atoms with Crippen molar-refractivity contribution in [3.63, 3.8) is 0 Å². The molecule has 1 atom stereocenters. The SMILES string of the molecule is Cc1cc(=O)n2[nH]c([C@@H]3CCCCN3C(=O)c3cccnc3)cc2n1. The van der Waals surface area contributed by atoms with Crippen LogP contribution in [0.4, 0.5) is 0 Å². The molecule has 1 fully saturated rings. The summed E-state index contributed by atoms with van der Waals surface area (Å²) in [4.78, 5) is 35.3. The van der Waals surface area contributed by atoms with Crippen LogP contribution in [0, 0.1) is 6.92 Å². The normalized spacial score (nSPS) is 17.8. The first kappa shape index (κ1) is 15.6. The highest BCUT2D eigenvalue weighted by Crippen LogP contribution is 2.31. The predicted molar refractivity (Wildman–Crippen MR) is 92.4 cm³/mol. The van der Waals surface area contributed by atoms with Crippen LogP contribution >= 0.6 is 0 Å². The Morgan fingerprint density at radius 3 is 3.00 bits per heavy atom. The smallest absolute Gasteiger partial charge is 0.272 e. The Kier molecular flexibility index (Phi) is 3.83. The molecule has 0 aromatic carbocycles. The molecule has 4 heterocycles. The van der Waals surface area contributed by atoms with E-state index in [-0.39, 0.29) is 17.5 Å². The van der Waals surface area contributed by atoms with E-state index in [1.165, 1.54) is 10.6 Å². The molecule has 25 heavy (non-hydrogen) atoms. The maximum atomic E-state index is 12.9. The number of rotatable bonds is 2. The van der Waals surface area contributed by atoms with Gasteiger partial charge in [0.2, 0.25) is 0 Å². The lowest BCUT2D eigenvalue weighted by Crippen LogP contribution is -2.38. The van der Waals surface area contributed by atoms with Crippen molar-refractivity contribution >= 4 is 11.6 Å². The largest absolute Gasteiger partial charge is 0.330 e. The number of fused-ring (bicyclic) bond motifs is 1. The van der Waals surface area contributed by atoms with Crippen LogP contribution in [-0.4, -0.2) is 36.9 Å². The van der Waals surface area contributed by atoms with E-state index in [1.807, 2.05) is 11.0 Å². The number of nitrogens with one attached hydrogen (secondary N) is 1. The zero-order valence-corrected chi connectivity index (χ0v) is 14.0. The minimum Gasteiger partial charge on any atom is -0.330 e. The fraction of sp³-hybridized carbons (Fsp3) is 0.333. The zero-order chi connectivity index (χ0) is 17.4. The number of amides is 1. The first-order valence-corrected chi connectivity index (χ1v) is 8.44. The number of hydrogen-bond acceptors (Lipinski definition) is 4. The highest BCUT2D eigenvalue weighted by Gasteiger charge is 2.30. The molecule has 128 valence electrons. The number of nitrogens with zero attached hydrogens (tertiary/aromatic N) is 4.